The lowest BCUT2D eigenvalue weighted by Crippen LogP contribution is -2.24. The highest BCUT2D eigenvalue weighted by Crippen LogP contribution is 2.32. The topological polar surface area (TPSA) is 74.2 Å². The van der Waals surface area contributed by atoms with Gasteiger partial charge in [0.25, 0.3) is 0 Å². The summed E-state index contributed by atoms with van der Waals surface area (Å²) in [4.78, 5) is 4.43. The van der Waals surface area contributed by atoms with Gasteiger partial charge in [-0.3, -0.25) is 0 Å². The van der Waals surface area contributed by atoms with Crippen molar-refractivity contribution in [3.8, 4) is 17.1 Å². The number of ether oxygens (including phenoxy) is 1. The van der Waals surface area contributed by atoms with Crippen LogP contribution in [0.2, 0.25) is 5.02 Å². The maximum absolute atomic E-state index is 5.94. The van der Waals surface area contributed by atoms with Crippen LogP contribution in [-0.4, -0.2) is 23.3 Å². The molecule has 1 aromatic carbocycles. The van der Waals surface area contributed by atoms with Crippen LogP contribution in [-0.2, 0) is 0 Å². The van der Waals surface area contributed by atoms with Crippen LogP contribution in [0.1, 0.15) is 32.1 Å². The summed E-state index contributed by atoms with van der Waals surface area (Å²) in [5.41, 5.74) is 6.68. The van der Waals surface area contributed by atoms with E-state index < -0.39 is 0 Å². The van der Waals surface area contributed by atoms with Crippen molar-refractivity contribution in [3.63, 3.8) is 0 Å². The van der Waals surface area contributed by atoms with Crippen molar-refractivity contribution in [2.24, 2.45) is 5.73 Å². The summed E-state index contributed by atoms with van der Waals surface area (Å²) in [5.74, 6) is 1.69. The summed E-state index contributed by atoms with van der Waals surface area (Å²) in [6, 6.07) is 5.25. The molecule has 0 aliphatic rings. The number of hydrogen-bond acceptors (Lipinski definition) is 5. The summed E-state index contributed by atoms with van der Waals surface area (Å²) < 4.78 is 10.6. The van der Waals surface area contributed by atoms with E-state index in [1.54, 1.807) is 19.2 Å². The molecule has 0 saturated carbocycles. The second kappa shape index (κ2) is 6.24. The number of hydrogen-bond donors (Lipinski definition) is 1. The first-order chi connectivity index (χ1) is 9.56. The average Bonchev–Trinajstić information content (AvgIpc) is 2.88. The van der Waals surface area contributed by atoms with E-state index in [4.69, 9.17) is 26.6 Å². The van der Waals surface area contributed by atoms with Gasteiger partial charge in [0.2, 0.25) is 11.7 Å². The van der Waals surface area contributed by atoms with Crippen molar-refractivity contribution in [2.45, 2.75) is 32.2 Å². The molecule has 0 aliphatic carbocycles. The highest BCUT2D eigenvalue weighted by Gasteiger charge is 2.22. The van der Waals surface area contributed by atoms with Crippen LogP contribution in [0.15, 0.2) is 22.7 Å². The Balaban J connectivity index is 2.38. The van der Waals surface area contributed by atoms with Gasteiger partial charge in [-0.1, -0.05) is 23.7 Å². The molecule has 2 unspecified atom stereocenters. The first-order valence-corrected chi connectivity index (χ1v) is 6.87. The van der Waals surface area contributed by atoms with E-state index in [9.17, 15) is 0 Å². The second-order valence-electron chi connectivity index (χ2n) is 4.67. The fourth-order valence-corrected chi connectivity index (χ4v) is 2.28. The summed E-state index contributed by atoms with van der Waals surface area (Å²) in [6.45, 7) is 3.97. The van der Waals surface area contributed by atoms with Crippen molar-refractivity contribution in [1.29, 1.82) is 0 Å². The minimum Gasteiger partial charge on any atom is -0.496 e. The Kier molecular flexibility index (Phi) is 4.62. The Labute approximate surface area is 123 Å². The van der Waals surface area contributed by atoms with E-state index in [0.717, 1.165) is 12.0 Å². The monoisotopic (exact) mass is 295 g/mol. The Morgan fingerprint density at radius 2 is 2.20 bits per heavy atom. The Hall–Kier alpha value is -1.59. The third kappa shape index (κ3) is 2.94. The quantitative estimate of drug-likeness (QED) is 0.916. The fourth-order valence-electron chi connectivity index (χ4n) is 2.12. The standard InChI is InChI=1S/C14H18ClN3O2/c1-4-10(8(2)16)14-17-13(18-20-14)11-6-5-9(15)7-12(11)19-3/h5-8,10H,4,16H2,1-3H3. The number of aromatic nitrogens is 2. The molecule has 2 atom stereocenters. The lowest BCUT2D eigenvalue weighted by atomic mass is 9.99. The number of nitrogens with two attached hydrogens (primary N) is 1. The molecule has 0 radical (unpaired) electrons. The molecule has 20 heavy (non-hydrogen) atoms. The van der Waals surface area contributed by atoms with Gasteiger partial charge in [-0.2, -0.15) is 4.98 Å². The van der Waals surface area contributed by atoms with Gasteiger partial charge in [0.1, 0.15) is 5.75 Å². The Morgan fingerprint density at radius 3 is 2.80 bits per heavy atom. The molecule has 5 nitrogen and oxygen atoms in total. The van der Waals surface area contributed by atoms with Gasteiger partial charge in [0.15, 0.2) is 0 Å². The highest BCUT2D eigenvalue weighted by atomic mass is 35.5. The van der Waals surface area contributed by atoms with Crippen molar-refractivity contribution in [1.82, 2.24) is 10.1 Å². The Bertz CT molecular complexity index is 584. The van der Waals surface area contributed by atoms with Crippen LogP contribution in [0, 0.1) is 0 Å². The van der Waals surface area contributed by atoms with Crippen molar-refractivity contribution in [3.05, 3.63) is 29.1 Å². The average molecular weight is 296 g/mol. The maximum Gasteiger partial charge on any atom is 0.231 e. The SMILES string of the molecule is CCC(c1nc(-c2ccc(Cl)cc2OC)no1)C(C)N. The van der Waals surface area contributed by atoms with Gasteiger partial charge in [0.05, 0.1) is 18.6 Å². The third-order valence-corrected chi connectivity index (χ3v) is 3.47. The van der Waals surface area contributed by atoms with Crippen LogP contribution < -0.4 is 10.5 Å². The van der Waals surface area contributed by atoms with Gasteiger partial charge in [0, 0.05) is 11.1 Å². The number of benzene rings is 1. The lowest BCUT2D eigenvalue weighted by molar-refractivity contribution is 0.334. The highest BCUT2D eigenvalue weighted by molar-refractivity contribution is 6.30. The molecule has 0 aliphatic heterocycles. The molecule has 0 spiro atoms. The largest absolute Gasteiger partial charge is 0.496 e. The zero-order valence-corrected chi connectivity index (χ0v) is 12.5. The zero-order valence-electron chi connectivity index (χ0n) is 11.8. The van der Waals surface area contributed by atoms with E-state index in [2.05, 4.69) is 10.1 Å². The van der Waals surface area contributed by atoms with Gasteiger partial charge < -0.3 is 15.0 Å². The predicted molar refractivity (Wildman–Crippen MR) is 78.0 cm³/mol. The Morgan fingerprint density at radius 1 is 1.45 bits per heavy atom. The molecule has 0 amide bonds. The van der Waals surface area contributed by atoms with Crippen LogP contribution >= 0.6 is 11.6 Å². The van der Waals surface area contributed by atoms with Crippen molar-refractivity contribution < 1.29 is 9.26 Å². The maximum atomic E-state index is 5.94. The zero-order chi connectivity index (χ0) is 14.7. The summed E-state index contributed by atoms with van der Waals surface area (Å²) in [7, 11) is 1.58. The van der Waals surface area contributed by atoms with Gasteiger partial charge in [-0.05, 0) is 31.5 Å². The molecule has 6 heteroatoms. The fraction of sp³-hybridized carbons (Fsp3) is 0.429. The van der Waals surface area contributed by atoms with Gasteiger partial charge in [-0.25, -0.2) is 0 Å². The van der Waals surface area contributed by atoms with E-state index in [1.165, 1.54) is 0 Å². The minimum atomic E-state index is -0.0413. The van der Waals surface area contributed by atoms with Crippen LogP contribution in [0.5, 0.6) is 5.75 Å². The molecule has 0 bridgehead atoms. The number of halogens is 1. The smallest absolute Gasteiger partial charge is 0.231 e. The summed E-state index contributed by atoms with van der Waals surface area (Å²) >= 11 is 5.94. The molecule has 1 aromatic heterocycles. The number of nitrogens with zero attached hydrogens (tertiary/aromatic N) is 2. The van der Waals surface area contributed by atoms with Crippen LogP contribution in [0.25, 0.3) is 11.4 Å². The van der Waals surface area contributed by atoms with E-state index in [0.29, 0.717) is 22.5 Å². The molecule has 2 rings (SSSR count). The first kappa shape index (κ1) is 14.8. The van der Waals surface area contributed by atoms with Crippen molar-refractivity contribution in [2.75, 3.05) is 7.11 Å². The number of rotatable bonds is 5. The van der Waals surface area contributed by atoms with E-state index >= 15 is 0 Å². The summed E-state index contributed by atoms with van der Waals surface area (Å²) in [5, 5.41) is 4.61. The summed E-state index contributed by atoms with van der Waals surface area (Å²) in [6.07, 6.45) is 0.844. The first-order valence-electron chi connectivity index (χ1n) is 6.49. The second-order valence-corrected chi connectivity index (χ2v) is 5.11. The lowest BCUT2D eigenvalue weighted by Gasteiger charge is -2.13. The van der Waals surface area contributed by atoms with Gasteiger partial charge in [-0.15, -0.1) is 0 Å². The molecule has 108 valence electrons. The molecule has 0 saturated heterocycles. The minimum absolute atomic E-state index is 0.0413. The van der Waals surface area contributed by atoms with E-state index in [1.807, 2.05) is 19.9 Å². The molecular formula is C14H18ClN3O2. The molecule has 0 fully saturated rings. The number of methoxy groups -OCH3 is 1. The van der Waals surface area contributed by atoms with Crippen LogP contribution in [0.4, 0.5) is 0 Å². The van der Waals surface area contributed by atoms with Gasteiger partial charge >= 0.3 is 0 Å². The van der Waals surface area contributed by atoms with Crippen molar-refractivity contribution >= 4 is 11.6 Å². The predicted octanol–water partition coefficient (Wildman–Crippen LogP) is 3.24. The molecular weight excluding hydrogens is 278 g/mol. The third-order valence-electron chi connectivity index (χ3n) is 3.24. The molecule has 2 aromatic rings. The normalized spacial score (nSPS) is 14.1. The molecule has 2 N–H and O–H groups in total. The molecule has 1 heterocycles. The van der Waals surface area contributed by atoms with E-state index in [-0.39, 0.29) is 12.0 Å². The van der Waals surface area contributed by atoms with Crippen LogP contribution in [0.3, 0.4) is 0 Å².